The van der Waals surface area contributed by atoms with Gasteiger partial charge in [0.05, 0.1) is 23.8 Å². The van der Waals surface area contributed by atoms with Gasteiger partial charge in [0.2, 0.25) is 5.88 Å². The monoisotopic (exact) mass is 286 g/mol. The fourth-order valence-electron chi connectivity index (χ4n) is 1.85. The molecule has 1 N–H and O–H groups in total. The second kappa shape index (κ2) is 7.13. The van der Waals surface area contributed by atoms with Gasteiger partial charge in [-0.05, 0) is 25.5 Å². The van der Waals surface area contributed by atoms with Gasteiger partial charge in [-0.3, -0.25) is 9.97 Å². The third-order valence-corrected chi connectivity index (χ3v) is 2.99. The van der Waals surface area contributed by atoms with Crippen LogP contribution in [0.2, 0.25) is 0 Å². The first-order valence-electron chi connectivity index (χ1n) is 7.27. The third-order valence-electron chi connectivity index (χ3n) is 2.99. The molecule has 0 aliphatic carbocycles. The van der Waals surface area contributed by atoms with E-state index in [0.29, 0.717) is 18.5 Å². The predicted octanol–water partition coefficient (Wildman–Crippen LogP) is 3.03. The topological polar surface area (TPSA) is 59.9 Å². The van der Waals surface area contributed by atoms with E-state index in [1.165, 1.54) is 0 Å². The maximum Gasteiger partial charge on any atom is 0.237 e. The molecule has 0 fully saturated rings. The lowest BCUT2D eigenvalue weighted by Crippen LogP contribution is -2.22. The van der Waals surface area contributed by atoms with Crippen molar-refractivity contribution in [2.45, 2.75) is 46.7 Å². The van der Waals surface area contributed by atoms with Crippen molar-refractivity contribution in [3.8, 4) is 11.6 Å². The molecule has 0 unspecified atom stereocenters. The van der Waals surface area contributed by atoms with Crippen molar-refractivity contribution in [1.29, 1.82) is 0 Å². The lowest BCUT2D eigenvalue weighted by molar-refractivity contribution is 0.449. The zero-order chi connectivity index (χ0) is 15.2. The molecule has 0 spiro atoms. The van der Waals surface area contributed by atoms with Crippen molar-refractivity contribution in [2.75, 3.05) is 0 Å². The largest absolute Gasteiger partial charge is 0.436 e. The Bertz CT molecular complexity index is 581. The SMILES string of the molecule is CCc1nc(C)ccc1Oc1cnc(CNC(C)C)cn1. The molecule has 0 saturated carbocycles. The highest BCUT2D eigenvalue weighted by molar-refractivity contribution is 5.32. The van der Waals surface area contributed by atoms with Crippen molar-refractivity contribution >= 4 is 0 Å². The summed E-state index contributed by atoms with van der Waals surface area (Å²) in [5.74, 6) is 1.23. The highest BCUT2D eigenvalue weighted by Gasteiger charge is 2.07. The fourth-order valence-corrected chi connectivity index (χ4v) is 1.85. The quantitative estimate of drug-likeness (QED) is 0.884. The minimum absolute atomic E-state index is 0.425. The van der Waals surface area contributed by atoms with Crippen LogP contribution in [0.4, 0.5) is 0 Å². The van der Waals surface area contributed by atoms with Crippen LogP contribution in [0.15, 0.2) is 24.5 Å². The van der Waals surface area contributed by atoms with E-state index in [0.717, 1.165) is 29.3 Å². The molecule has 0 amide bonds. The summed E-state index contributed by atoms with van der Waals surface area (Å²) in [6.45, 7) is 8.93. The lowest BCUT2D eigenvalue weighted by Gasteiger charge is -2.10. The number of hydrogen-bond donors (Lipinski definition) is 1. The molecule has 2 rings (SSSR count). The number of hydrogen-bond acceptors (Lipinski definition) is 5. The van der Waals surface area contributed by atoms with Crippen LogP contribution >= 0.6 is 0 Å². The predicted molar refractivity (Wildman–Crippen MR) is 82.4 cm³/mol. The summed E-state index contributed by atoms with van der Waals surface area (Å²) < 4.78 is 5.78. The molecule has 0 atom stereocenters. The molecule has 112 valence electrons. The molecule has 21 heavy (non-hydrogen) atoms. The number of rotatable bonds is 6. The van der Waals surface area contributed by atoms with Crippen LogP contribution in [-0.2, 0) is 13.0 Å². The van der Waals surface area contributed by atoms with Gasteiger partial charge < -0.3 is 10.1 Å². The van der Waals surface area contributed by atoms with E-state index >= 15 is 0 Å². The van der Waals surface area contributed by atoms with Crippen LogP contribution in [0.5, 0.6) is 11.6 Å². The normalized spacial score (nSPS) is 10.9. The van der Waals surface area contributed by atoms with Gasteiger partial charge in [-0.1, -0.05) is 20.8 Å². The van der Waals surface area contributed by atoms with Crippen molar-refractivity contribution in [2.24, 2.45) is 0 Å². The summed E-state index contributed by atoms with van der Waals surface area (Å²) in [6.07, 6.45) is 4.20. The minimum Gasteiger partial charge on any atom is -0.436 e. The van der Waals surface area contributed by atoms with Crippen LogP contribution < -0.4 is 10.1 Å². The number of nitrogens with one attached hydrogen (secondary N) is 1. The second-order valence-electron chi connectivity index (χ2n) is 5.23. The minimum atomic E-state index is 0.425. The van der Waals surface area contributed by atoms with E-state index in [4.69, 9.17) is 4.74 Å². The summed E-state index contributed by atoms with van der Waals surface area (Å²) in [7, 11) is 0. The van der Waals surface area contributed by atoms with Gasteiger partial charge in [-0.25, -0.2) is 4.98 Å². The first kappa shape index (κ1) is 15.4. The third kappa shape index (κ3) is 4.49. The number of aromatic nitrogens is 3. The van der Waals surface area contributed by atoms with Crippen molar-refractivity contribution in [1.82, 2.24) is 20.3 Å². The molecular formula is C16H22N4O. The van der Waals surface area contributed by atoms with Crippen LogP contribution in [0.1, 0.15) is 37.9 Å². The molecule has 0 aliphatic heterocycles. The maximum absolute atomic E-state index is 5.78. The summed E-state index contributed by atoms with van der Waals surface area (Å²) in [4.78, 5) is 13.1. The molecule has 0 aliphatic rings. The molecule has 2 aromatic heterocycles. The molecule has 0 aromatic carbocycles. The number of aryl methyl sites for hydroxylation is 2. The van der Waals surface area contributed by atoms with E-state index in [-0.39, 0.29) is 0 Å². The van der Waals surface area contributed by atoms with Crippen LogP contribution in [0.25, 0.3) is 0 Å². The van der Waals surface area contributed by atoms with Crippen LogP contribution in [0.3, 0.4) is 0 Å². The van der Waals surface area contributed by atoms with E-state index in [1.54, 1.807) is 12.4 Å². The van der Waals surface area contributed by atoms with Gasteiger partial charge in [0.15, 0.2) is 5.75 Å². The fraction of sp³-hybridized carbons (Fsp3) is 0.438. The Kier molecular flexibility index (Phi) is 5.22. The highest BCUT2D eigenvalue weighted by atomic mass is 16.5. The molecule has 2 aromatic rings. The van der Waals surface area contributed by atoms with E-state index < -0.39 is 0 Å². The smallest absolute Gasteiger partial charge is 0.237 e. The van der Waals surface area contributed by atoms with Gasteiger partial charge in [0.1, 0.15) is 0 Å². The summed E-state index contributed by atoms with van der Waals surface area (Å²) >= 11 is 0. The maximum atomic E-state index is 5.78. The van der Waals surface area contributed by atoms with Crippen LogP contribution in [0, 0.1) is 6.92 Å². The Hall–Kier alpha value is -2.01. The number of nitrogens with zero attached hydrogens (tertiary/aromatic N) is 3. The van der Waals surface area contributed by atoms with Crippen molar-refractivity contribution < 1.29 is 4.74 Å². The Morgan fingerprint density at radius 1 is 1.19 bits per heavy atom. The van der Waals surface area contributed by atoms with Crippen molar-refractivity contribution in [3.63, 3.8) is 0 Å². The average molecular weight is 286 g/mol. The van der Waals surface area contributed by atoms with E-state index in [2.05, 4.69) is 41.0 Å². The molecule has 5 nitrogen and oxygen atoms in total. The highest BCUT2D eigenvalue weighted by Crippen LogP contribution is 2.22. The molecule has 0 saturated heterocycles. The van der Waals surface area contributed by atoms with E-state index in [1.807, 2.05) is 19.1 Å². The first-order valence-corrected chi connectivity index (χ1v) is 7.27. The molecule has 2 heterocycles. The van der Waals surface area contributed by atoms with Gasteiger partial charge in [-0.15, -0.1) is 0 Å². The Balaban J connectivity index is 2.06. The molecule has 5 heteroatoms. The Labute approximate surface area is 125 Å². The molecule has 0 radical (unpaired) electrons. The van der Waals surface area contributed by atoms with Gasteiger partial charge in [-0.2, -0.15) is 0 Å². The van der Waals surface area contributed by atoms with E-state index in [9.17, 15) is 0 Å². The summed E-state index contributed by atoms with van der Waals surface area (Å²) in [5.41, 5.74) is 2.82. The first-order chi connectivity index (χ1) is 10.1. The van der Waals surface area contributed by atoms with Crippen molar-refractivity contribution in [3.05, 3.63) is 41.6 Å². The summed E-state index contributed by atoms with van der Waals surface area (Å²) in [6, 6.07) is 4.29. The number of ether oxygens (including phenoxy) is 1. The zero-order valence-electron chi connectivity index (χ0n) is 13.1. The van der Waals surface area contributed by atoms with Crippen LogP contribution in [-0.4, -0.2) is 21.0 Å². The Morgan fingerprint density at radius 2 is 2.00 bits per heavy atom. The second-order valence-corrected chi connectivity index (χ2v) is 5.23. The lowest BCUT2D eigenvalue weighted by atomic mass is 10.2. The number of pyridine rings is 1. The average Bonchev–Trinajstić information content (AvgIpc) is 2.48. The molecular weight excluding hydrogens is 264 g/mol. The zero-order valence-corrected chi connectivity index (χ0v) is 13.1. The van der Waals surface area contributed by atoms with Gasteiger partial charge in [0.25, 0.3) is 0 Å². The molecule has 0 bridgehead atoms. The van der Waals surface area contributed by atoms with Gasteiger partial charge >= 0.3 is 0 Å². The Morgan fingerprint density at radius 3 is 2.62 bits per heavy atom. The standard InChI is InChI=1S/C16H22N4O/c1-5-14-15(7-6-12(4)20-14)21-16-10-18-13(9-19-16)8-17-11(2)3/h6-7,9-11,17H,5,8H2,1-4H3. The summed E-state index contributed by atoms with van der Waals surface area (Å²) in [5, 5.41) is 3.30. The van der Waals surface area contributed by atoms with Gasteiger partial charge in [0, 0.05) is 18.3 Å².